The van der Waals surface area contributed by atoms with Crippen molar-refractivity contribution < 1.29 is 9.47 Å². The lowest BCUT2D eigenvalue weighted by molar-refractivity contribution is 0.190. The molecule has 2 aromatic rings. The van der Waals surface area contributed by atoms with Crippen molar-refractivity contribution in [2.24, 2.45) is 0 Å². The van der Waals surface area contributed by atoms with E-state index in [0.717, 1.165) is 35.7 Å². The molecule has 5 heteroatoms. The number of methoxy groups -OCH3 is 2. The Hall–Kier alpha value is -1.98. The van der Waals surface area contributed by atoms with Gasteiger partial charge in [-0.05, 0) is 30.3 Å². The van der Waals surface area contributed by atoms with Crippen molar-refractivity contribution in [1.82, 2.24) is 4.98 Å². The molecule has 1 heterocycles. The second kappa shape index (κ2) is 7.71. The highest BCUT2D eigenvalue weighted by atomic mass is 16.5. The summed E-state index contributed by atoms with van der Waals surface area (Å²) in [5.41, 5.74) is 10.0. The van der Waals surface area contributed by atoms with Gasteiger partial charge in [0.05, 0.1) is 13.2 Å². The number of benzene rings is 1. The summed E-state index contributed by atoms with van der Waals surface area (Å²) in [6.07, 6.45) is 1.90. The summed E-state index contributed by atoms with van der Waals surface area (Å²) in [6, 6.07) is 10.1. The second-order valence-corrected chi connectivity index (χ2v) is 4.83. The van der Waals surface area contributed by atoms with Crippen LogP contribution >= 0.6 is 0 Å². The molecule has 0 radical (unpaired) electrons. The van der Waals surface area contributed by atoms with Crippen LogP contribution in [0.4, 0.5) is 11.4 Å². The highest BCUT2D eigenvalue weighted by molar-refractivity contribution is 5.78. The van der Waals surface area contributed by atoms with Gasteiger partial charge in [0.25, 0.3) is 0 Å². The summed E-state index contributed by atoms with van der Waals surface area (Å²) in [5.74, 6) is 0. The monoisotopic (exact) mass is 289 g/mol. The van der Waals surface area contributed by atoms with Crippen LogP contribution in [0.2, 0.25) is 0 Å². The maximum atomic E-state index is 6.09. The third-order valence-electron chi connectivity index (χ3n) is 3.42. The topological polar surface area (TPSA) is 63.5 Å². The predicted octanol–water partition coefficient (Wildman–Crippen LogP) is 2.36. The average molecular weight is 289 g/mol. The van der Waals surface area contributed by atoms with E-state index in [9.17, 15) is 0 Å². The Morgan fingerprint density at radius 3 is 2.38 bits per heavy atom. The van der Waals surface area contributed by atoms with Crippen LogP contribution < -0.4 is 10.6 Å². The highest BCUT2D eigenvalue weighted by Gasteiger charge is 2.10. The van der Waals surface area contributed by atoms with E-state index in [2.05, 4.69) is 16.0 Å². The Kier molecular flexibility index (Phi) is 5.66. The molecular weight excluding hydrogens is 266 g/mol. The van der Waals surface area contributed by atoms with E-state index in [1.165, 1.54) is 0 Å². The van der Waals surface area contributed by atoms with Crippen LogP contribution in [0.25, 0.3) is 11.3 Å². The second-order valence-electron chi connectivity index (χ2n) is 4.83. The van der Waals surface area contributed by atoms with Crippen molar-refractivity contribution in [3.8, 4) is 11.3 Å². The van der Waals surface area contributed by atoms with Gasteiger partial charge in [0, 0.05) is 56.1 Å². The molecule has 1 aromatic heterocycles. The van der Waals surface area contributed by atoms with E-state index in [1.54, 1.807) is 14.2 Å². The predicted molar refractivity (Wildman–Crippen MR) is 86.6 cm³/mol. The number of ether oxygens (including phenoxy) is 2. The fourth-order valence-electron chi connectivity index (χ4n) is 2.25. The molecule has 21 heavy (non-hydrogen) atoms. The Morgan fingerprint density at radius 2 is 1.81 bits per heavy atom. The van der Waals surface area contributed by atoms with Crippen molar-refractivity contribution in [3.63, 3.8) is 0 Å². The number of aromatic nitrogens is 1. The maximum absolute atomic E-state index is 6.09. The van der Waals surface area contributed by atoms with Crippen LogP contribution in [0.3, 0.4) is 0 Å². The minimum Gasteiger partial charge on any atom is -0.398 e. The number of nitrogen functional groups attached to an aromatic ring is 1. The molecule has 0 aliphatic heterocycles. The fraction of sp³-hybridized carbons (Fsp3) is 0.375. The minimum absolute atomic E-state index is 0.673. The average Bonchev–Trinajstić information content (AvgIpc) is 3.02. The quantitative estimate of drug-likeness (QED) is 0.732. The standard InChI is InChI=1S/C16H23N3O2/c1-20-10-8-19(9-11-21-2)13-5-6-15(17)14(12-13)16-4-3-7-18-16/h3-7,12,18H,8-11,17H2,1-2H3. The molecule has 0 amide bonds. The van der Waals surface area contributed by atoms with Gasteiger partial charge in [0.1, 0.15) is 0 Å². The molecule has 0 unspecified atom stereocenters. The van der Waals surface area contributed by atoms with E-state index in [1.807, 2.05) is 30.5 Å². The number of nitrogens with zero attached hydrogens (tertiary/aromatic N) is 1. The van der Waals surface area contributed by atoms with Crippen molar-refractivity contribution in [3.05, 3.63) is 36.5 Å². The van der Waals surface area contributed by atoms with Crippen LogP contribution in [-0.4, -0.2) is 45.5 Å². The van der Waals surface area contributed by atoms with Gasteiger partial charge in [-0.2, -0.15) is 0 Å². The lowest BCUT2D eigenvalue weighted by Crippen LogP contribution is -2.30. The molecule has 0 spiro atoms. The van der Waals surface area contributed by atoms with E-state index >= 15 is 0 Å². The van der Waals surface area contributed by atoms with Gasteiger partial charge in [0.2, 0.25) is 0 Å². The van der Waals surface area contributed by atoms with Crippen molar-refractivity contribution in [2.45, 2.75) is 0 Å². The van der Waals surface area contributed by atoms with E-state index in [4.69, 9.17) is 15.2 Å². The number of rotatable bonds is 8. The Labute approximate surface area is 125 Å². The molecule has 0 atom stereocenters. The molecule has 0 bridgehead atoms. The zero-order valence-electron chi connectivity index (χ0n) is 12.6. The maximum Gasteiger partial charge on any atom is 0.0637 e. The third kappa shape index (κ3) is 4.00. The van der Waals surface area contributed by atoms with Crippen molar-refractivity contribution >= 4 is 11.4 Å². The van der Waals surface area contributed by atoms with Crippen LogP contribution in [0.15, 0.2) is 36.5 Å². The number of nitrogens with one attached hydrogen (secondary N) is 1. The molecule has 0 aliphatic rings. The zero-order valence-corrected chi connectivity index (χ0v) is 12.6. The highest BCUT2D eigenvalue weighted by Crippen LogP contribution is 2.29. The SMILES string of the molecule is COCCN(CCOC)c1ccc(N)c(-c2ccc[nH]2)c1. The molecule has 114 valence electrons. The Balaban J connectivity index is 2.25. The first-order chi connectivity index (χ1) is 10.3. The number of anilines is 2. The number of hydrogen-bond donors (Lipinski definition) is 2. The number of hydrogen-bond acceptors (Lipinski definition) is 4. The molecule has 3 N–H and O–H groups in total. The van der Waals surface area contributed by atoms with Crippen LogP contribution in [-0.2, 0) is 9.47 Å². The van der Waals surface area contributed by atoms with Crippen LogP contribution in [0, 0.1) is 0 Å². The summed E-state index contributed by atoms with van der Waals surface area (Å²) >= 11 is 0. The molecule has 1 aromatic carbocycles. The number of H-pyrrole nitrogens is 1. The summed E-state index contributed by atoms with van der Waals surface area (Å²) in [7, 11) is 3.42. The molecule has 0 aliphatic carbocycles. The first kappa shape index (κ1) is 15.4. The van der Waals surface area contributed by atoms with E-state index < -0.39 is 0 Å². The molecule has 2 rings (SSSR count). The Morgan fingerprint density at radius 1 is 1.10 bits per heavy atom. The summed E-state index contributed by atoms with van der Waals surface area (Å²) in [6.45, 7) is 2.97. The van der Waals surface area contributed by atoms with Gasteiger partial charge in [-0.1, -0.05) is 0 Å². The fourth-order valence-corrected chi connectivity index (χ4v) is 2.25. The van der Waals surface area contributed by atoms with Gasteiger partial charge < -0.3 is 25.1 Å². The normalized spacial score (nSPS) is 10.8. The van der Waals surface area contributed by atoms with Crippen molar-refractivity contribution in [1.29, 1.82) is 0 Å². The van der Waals surface area contributed by atoms with Crippen molar-refractivity contribution in [2.75, 3.05) is 51.2 Å². The summed E-state index contributed by atoms with van der Waals surface area (Å²) in [5, 5.41) is 0. The number of nitrogens with two attached hydrogens (primary N) is 1. The lowest BCUT2D eigenvalue weighted by Gasteiger charge is -2.25. The van der Waals surface area contributed by atoms with Gasteiger partial charge in [0.15, 0.2) is 0 Å². The van der Waals surface area contributed by atoms with Gasteiger partial charge in [-0.3, -0.25) is 0 Å². The van der Waals surface area contributed by atoms with Gasteiger partial charge >= 0.3 is 0 Å². The molecule has 0 saturated heterocycles. The molecule has 5 nitrogen and oxygen atoms in total. The Bertz CT molecular complexity index is 532. The summed E-state index contributed by atoms with van der Waals surface area (Å²) < 4.78 is 10.4. The van der Waals surface area contributed by atoms with Gasteiger partial charge in [-0.25, -0.2) is 0 Å². The van der Waals surface area contributed by atoms with Crippen LogP contribution in [0.1, 0.15) is 0 Å². The largest absolute Gasteiger partial charge is 0.398 e. The number of aromatic amines is 1. The lowest BCUT2D eigenvalue weighted by atomic mass is 10.1. The molecule has 0 fully saturated rings. The smallest absolute Gasteiger partial charge is 0.0637 e. The van der Waals surface area contributed by atoms with E-state index in [0.29, 0.717) is 13.2 Å². The summed E-state index contributed by atoms with van der Waals surface area (Å²) in [4.78, 5) is 5.43. The third-order valence-corrected chi connectivity index (χ3v) is 3.42. The van der Waals surface area contributed by atoms with E-state index in [-0.39, 0.29) is 0 Å². The minimum atomic E-state index is 0.673. The van der Waals surface area contributed by atoms with Crippen LogP contribution in [0.5, 0.6) is 0 Å². The zero-order chi connectivity index (χ0) is 15.1. The van der Waals surface area contributed by atoms with Gasteiger partial charge in [-0.15, -0.1) is 0 Å². The molecular formula is C16H23N3O2. The first-order valence-corrected chi connectivity index (χ1v) is 7.02. The molecule has 0 saturated carbocycles. The first-order valence-electron chi connectivity index (χ1n) is 7.02.